The molecule has 0 fully saturated rings. The number of benzene rings is 2. The zero-order valence-electron chi connectivity index (χ0n) is 13.9. The fourth-order valence-corrected chi connectivity index (χ4v) is 3.67. The van der Waals surface area contributed by atoms with E-state index >= 15 is 0 Å². The molecule has 0 saturated heterocycles. The van der Waals surface area contributed by atoms with Crippen molar-refractivity contribution >= 4 is 35.0 Å². The van der Waals surface area contributed by atoms with Crippen LogP contribution in [0.4, 0.5) is 15.8 Å². The third-order valence-corrected chi connectivity index (χ3v) is 5.09. The molecule has 4 nitrogen and oxygen atoms in total. The van der Waals surface area contributed by atoms with E-state index in [1.807, 2.05) is 24.3 Å². The highest BCUT2D eigenvalue weighted by atomic mass is 32.2. The van der Waals surface area contributed by atoms with Crippen LogP contribution < -0.4 is 10.2 Å². The SMILES string of the molecule is Cc1ccc(NC(=O)CCC(=O)N2CCSc3ccccc32)cc1F. The minimum absolute atomic E-state index is 0.0696. The molecule has 3 rings (SSSR count). The van der Waals surface area contributed by atoms with Gasteiger partial charge in [-0.15, -0.1) is 11.8 Å². The van der Waals surface area contributed by atoms with Gasteiger partial charge in [0.15, 0.2) is 0 Å². The molecule has 130 valence electrons. The second kappa shape index (κ2) is 7.70. The highest BCUT2D eigenvalue weighted by Crippen LogP contribution is 2.34. The van der Waals surface area contributed by atoms with Crippen molar-refractivity contribution in [2.75, 3.05) is 22.5 Å². The average Bonchev–Trinajstić information content (AvgIpc) is 2.62. The molecule has 25 heavy (non-hydrogen) atoms. The van der Waals surface area contributed by atoms with Crippen LogP contribution in [-0.4, -0.2) is 24.1 Å². The molecule has 2 aromatic carbocycles. The van der Waals surface area contributed by atoms with Gasteiger partial charge in [0.05, 0.1) is 5.69 Å². The Bertz CT molecular complexity index is 810. The molecule has 0 radical (unpaired) electrons. The van der Waals surface area contributed by atoms with E-state index in [9.17, 15) is 14.0 Å². The molecule has 0 bridgehead atoms. The van der Waals surface area contributed by atoms with Gasteiger partial charge in [0.2, 0.25) is 11.8 Å². The maximum atomic E-state index is 13.5. The summed E-state index contributed by atoms with van der Waals surface area (Å²) in [5, 5.41) is 2.63. The Hall–Kier alpha value is -2.34. The fraction of sp³-hybridized carbons (Fsp3) is 0.263. The summed E-state index contributed by atoms with van der Waals surface area (Å²) in [6, 6.07) is 12.3. The van der Waals surface area contributed by atoms with E-state index in [1.165, 1.54) is 6.07 Å². The number of rotatable bonds is 4. The van der Waals surface area contributed by atoms with E-state index in [2.05, 4.69) is 5.32 Å². The van der Waals surface area contributed by atoms with Gasteiger partial charge in [0, 0.05) is 35.7 Å². The molecular formula is C19H19FN2O2S. The van der Waals surface area contributed by atoms with Gasteiger partial charge in [-0.3, -0.25) is 9.59 Å². The zero-order valence-corrected chi connectivity index (χ0v) is 14.7. The summed E-state index contributed by atoms with van der Waals surface area (Å²) in [5.74, 6) is 0.114. The number of nitrogens with zero attached hydrogens (tertiary/aromatic N) is 1. The normalized spacial score (nSPS) is 13.3. The van der Waals surface area contributed by atoms with Gasteiger partial charge in [-0.25, -0.2) is 4.39 Å². The van der Waals surface area contributed by atoms with E-state index in [4.69, 9.17) is 0 Å². The lowest BCUT2D eigenvalue weighted by Gasteiger charge is -2.29. The van der Waals surface area contributed by atoms with Crippen LogP contribution >= 0.6 is 11.8 Å². The van der Waals surface area contributed by atoms with E-state index in [0.717, 1.165) is 16.3 Å². The molecule has 2 amide bonds. The summed E-state index contributed by atoms with van der Waals surface area (Å²) >= 11 is 1.73. The molecule has 0 spiro atoms. The Balaban J connectivity index is 1.57. The first-order valence-corrected chi connectivity index (χ1v) is 9.11. The fourth-order valence-electron chi connectivity index (χ4n) is 2.68. The number of thioether (sulfide) groups is 1. The molecule has 6 heteroatoms. The Morgan fingerprint density at radius 1 is 1.20 bits per heavy atom. The standard InChI is InChI=1S/C19H19FN2O2S/c1-13-6-7-14(12-15(13)20)21-18(23)8-9-19(24)22-10-11-25-17-5-3-2-4-16(17)22/h2-7,12H,8-11H2,1H3,(H,21,23). The van der Waals surface area contributed by atoms with E-state index in [-0.39, 0.29) is 30.5 Å². The summed E-state index contributed by atoms with van der Waals surface area (Å²) < 4.78 is 13.5. The molecule has 2 aromatic rings. The molecule has 0 aliphatic carbocycles. The number of hydrogen-bond acceptors (Lipinski definition) is 3. The number of nitrogens with one attached hydrogen (secondary N) is 1. The highest BCUT2D eigenvalue weighted by molar-refractivity contribution is 7.99. The smallest absolute Gasteiger partial charge is 0.227 e. The van der Waals surface area contributed by atoms with Gasteiger partial charge >= 0.3 is 0 Å². The summed E-state index contributed by atoms with van der Waals surface area (Å²) in [5.41, 5.74) is 1.83. The van der Waals surface area contributed by atoms with Gasteiger partial charge in [-0.05, 0) is 36.8 Å². The minimum Gasteiger partial charge on any atom is -0.326 e. The molecule has 1 aliphatic heterocycles. The van der Waals surface area contributed by atoms with Crippen LogP contribution in [0.2, 0.25) is 0 Å². The van der Waals surface area contributed by atoms with Crippen molar-refractivity contribution < 1.29 is 14.0 Å². The second-order valence-electron chi connectivity index (χ2n) is 5.87. The number of hydrogen-bond donors (Lipinski definition) is 1. The van der Waals surface area contributed by atoms with Crippen molar-refractivity contribution in [3.8, 4) is 0 Å². The summed E-state index contributed by atoms with van der Waals surface area (Å²) in [6.45, 7) is 2.31. The van der Waals surface area contributed by atoms with Crippen LogP contribution in [0.15, 0.2) is 47.4 Å². The van der Waals surface area contributed by atoms with Gasteiger partial charge < -0.3 is 10.2 Å². The first kappa shape index (κ1) is 17.5. The maximum Gasteiger partial charge on any atom is 0.227 e. The predicted molar refractivity (Wildman–Crippen MR) is 98.5 cm³/mol. The van der Waals surface area contributed by atoms with Gasteiger partial charge in [-0.2, -0.15) is 0 Å². The van der Waals surface area contributed by atoms with Crippen molar-refractivity contribution in [1.82, 2.24) is 0 Å². The Morgan fingerprint density at radius 3 is 2.80 bits per heavy atom. The zero-order chi connectivity index (χ0) is 17.8. The van der Waals surface area contributed by atoms with Crippen molar-refractivity contribution in [1.29, 1.82) is 0 Å². The first-order chi connectivity index (χ1) is 12.0. The molecule has 0 aromatic heterocycles. The lowest BCUT2D eigenvalue weighted by molar-refractivity contribution is -0.122. The number of fused-ring (bicyclic) bond motifs is 1. The highest BCUT2D eigenvalue weighted by Gasteiger charge is 2.22. The van der Waals surface area contributed by atoms with Crippen LogP contribution in [0.5, 0.6) is 0 Å². The largest absolute Gasteiger partial charge is 0.326 e. The quantitative estimate of drug-likeness (QED) is 0.899. The first-order valence-electron chi connectivity index (χ1n) is 8.13. The predicted octanol–water partition coefficient (Wildman–Crippen LogP) is 3.99. The number of carbonyl (C=O) groups excluding carboxylic acids is 2. The van der Waals surface area contributed by atoms with Crippen molar-refractivity contribution in [3.63, 3.8) is 0 Å². The summed E-state index contributed by atoms with van der Waals surface area (Å²) in [6.07, 6.45) is 0.194. The molecule has 0 unspecified atom stereocenters. The van der Waals surface area contributed by atoms with Crippen LogP contribution in [-0.2, 0) is 9.59 Å². The van der Waals surface area contributed by atoms with Gasteiger partial charge in [-0.1, -0.05) is 18.2 Å². The van der Waals surface area contributed by atoms with Gasteiger partial charge in [0.1, 0.15) is 5.82 Å². The van der Waals surface area contributed by atoms with Crippen LogP contribution in [0.25, 0.3) is 0 Å². The third kappa shape index (κ3) is 4.20. The molecular weight excluding hydrogens is 339 g/mol. The van der Waals surface area contributed by atoms with Crippen LogP contribution in [0, 0.1) is 12.7 Å². The molecule has 0 atom stereocenters. The number of para-hydroxylation sites is 1. The van der Waals surface area contributed by atoms with Gasteiger partial charge in [0.25, 0.3) is 0 Å². The lowest BCUT2D eigenvalue weighted by Crippen LogP contribution is -2.35. The number of carbonyl (C=O) groups is 2. The van der Waals surface area contributed by atoms with Crippen LogP contribution in [0.1, 0.15) is 18.4 Å². The van der Waals surface area contributed by atoms with E-state index in [0.29, 0.717) is 17.8 Å². The van der Waals surface area contributed by atoms with Crippen molar-refractivity contribution in [2.24, 2.45) is 0 Å². The summed E-state index contributed by atoms with van der Waals surface area (Å²) in [4.78, 5) is 27.4. The Kier molecular flexibility index (Phi) is 5.38. The Labute approximate surface area is 150 Å². The van der Waals surface area contributed by atoms with Crippen molar-refractivity contribution in [3.05, 3.63) is 53.8 Å². The molecule has 1 aliphatic rings. The van der Waals surface area contributed by atoms with Crippen LogP contribution in [0.3, 0.4) is 0 Å². The molecule has 0 saturated carbocycles. The monoisotopic (exact) mass is 358 g/mol. The maximum absolute atomic E-state index is 13.5. The van der Waals surface area contributed by atoms with Crippen molar-refractivity contribution in [2.45, 2.75) is 24.7 Å². The molecule has 1 heterocycles. The number of halogens is 1. The van der Waals surface area contributed by atoms with E-state index < -0.39 is 0 Å². The van der Waals surface area contributed by atoms with E-state index in [1.54, 1.807) is 35.7 Å². The summed E-state index contributed by atoms with van der Waals surface area (Å²) in [7, 11) is 0. The number of anilines is 2. The lowest BCUT2D eigenvalue weighted by atomic mass is 10.2. The third-order valence-electron chi connectivity index (χ3n) is 4.05. The number of aryl methyl sites for hydroxylation is 1. The average molecular weight is 358 g/mol. The molecule has 1 N–H and O–H groups in total. The minimum atomic E-state index is -0.365. The number of amides is 2. The second-order valence-corrected chi connectivity index (χ2v) is 7.01. The topological polar surface area (TPSA) is 49.4 Å². The Morgan fingerprint density at radius 2 is 2.00 bits per heavy atom.